The Hall–Kier alpha value is -3.65. The molecule has 0 atom stereocenters. The Balaban J connectivity index is 1.45. The quantitative estimate of drug-likeness (QED) is 0.504. The van der Waals surface area contributed by atoms with E-state index >= 15 is 0 Å². The zero-order valence-corrected chi connectivity index (χ0v) is 14.9. The molecule has 2 heterocycles. The molecule has 0 saturated carbocycles. The summed E-state index contributed by atoms with van der Waals surface area (Å²) in [6.07, 6.45) is 3.94. The number of hydrogen-bond acceptors (Lipinski definition) is 4. The predicted molar refractivity (Wildman–Crippen MR) is 106 cm³/mol. The number of amides is 3. The lowest BCUT2D eigenvalue weighted by Gasteiger charge is -2.07. The summed E-state index contributed by atoms with van der Waals surface area (Å²) in [6, 6.07) is 13.3. The van der Waals surface area contributed by atoms with Crippen LogP contribution in [0.1, 0.15) is 10.4 Å². The fourth-order valence-electron chi connectivity index (χ4n) is 2.64. The number of anilines is 2. The standard InChI is InChI=1S/C19H15N5O2S/c20-18(26)22-15-7-3-13(4-8-15)17(25)21-14-5-1-12(2-6-14)16-11-24-9-10-27-19(24)23-16/h1-11H,(H,21,25)(H3,20,22,26). The highest BCUT2D eigenvalue weighted by Gasteiger charge is 2.08. The maximum atomic E-state index is 12.3. The van der Waals surface area contributed by atoms with Crippen molar-refractivity contribution in [2.45, 2.75) is 0 Å². The van der Waals surface area contributed by atoms with E-state index in [1.807, 2.05) is 46.4 Å². The van der Waals surface area contributed by atoms with E-state index < -0.39 is 6.03 Å². The van der Waals surface area contributed by atoms with Gasteiger partial charge in [-0.05, 0) is 36.4 Å². The Morgan fingerprint density at radius 3 is 2.30 bits per heavy atom. The van der Waals surface area contributed by atoms with E-state index in [9.17, 15) is 9.59 Å². The molecule has 0 aliphatic heterocycles. The summed E-state index contributed by atoms with van der Waals surface area (Å²) in [6.45, 7) is 0. The Bertz CT molecular complexity index is 1080. The molecule has 0 saturated heterocycles. The summed E-state index contributed by atoms with van der Waals surface area (Å²) >= 11 is 1.58. The van der Waals surface area contributed by atoms with Crippen LogP contribution in [0.2, 0.25) is 0 Å². The Morgan fingerprint density at radius 2 is 1.63 bits per heavy atom. The fourth-order valence-corrected chi connectivity index (χ4v) is 3.34. The Labute approximate surface area is 158 Å². The highest BCUT2D eigenvalue weighted by atomic mass is 32.1. The lowest BCUT2D eigenvalue weighted by atomic mass is 10.1. The van der Waals surface area contributed by atoms with Crippen LogP contribution in [0.5, 0.6) is 0 Å². The lowest BCUT2D eigenvalue weighted by molar-refractivity contribution is 0.102. The van der Waals surface area contributed by atoms with Crippen LogP contribution in [-0.2, 0) is 0 Å². The van der Waals surface area contributed by atoms with Gasteiger partial charge in [-0.1, -0.05) is 12.1 Å². The first-order chi connectivity index (χ1) is 13.1. The average molecular weight is 377 g/mol. The van der Waals surface area contributed by atoms with E-state index in [0.29, 0.717) is 16.9 Å². The predicted octanol–water partition coefficient (Wildman–Crippen LogP) is 3.81. The Morgan fingerprint density at radius 1 is 0.963 bits per heavy atom. The van der Waals surface area contributed by atoms with Gasteiger partial charge in [0.2, 0.25) is 0 Å². The van der Waals surface area contributed by atoms with Crippen LogP contribution >= 0.6 is 11.3 Å². The van der Waals surface area contributed by atoms with Gasteiger partial charge in [0.25, 0.3) is 5.91 Å². The monoisotopic (exact) mass is 377 g/mol. The third-order valence-electron chi connectivity index (χ3n) is 3.95. The van der Waals surface area contributed by atoms with Gasteiger partial charge >= 0.3 is 6.03 Å². The summed E-state index contributed by atoms with van der Waals surface area (Å²) in [5, 5.41) is 7.28. The van der Waals surface area contributed by atoms with Gasteiger partial charge in [0.1, 0.15) is 0 Å². The molecule has 27 heavy (non-hydrogen) atoms. The van der Waals surface area contributed by atoms with Crippen molar-refractivity contribution in [1.82, 2.24) is 9.38 Å². The fraction of sp³-hybridized carbons (Fsp3) is 0. The number of nitrogens with one attached hydrogen (secondary N) is 2. The Kier molecular flexibility index (Phi) is 4.31. The topological polar surface area (TPSA) is 102 Å². The van der Waals surface area contributed by atoms with E-state index in [1.165, 1.54) is 0 Å². The van der Waals surface area contributed by atoms with Gasteiger partial charge in [-0.25, -0.2) is 9.78 Å². The maximum absolute atomic E-state index is 12.3. The SMILES string of the molecule is NC(=O)Nc1ccc(C(=O)Nc2ccc(-c3cn4ccsc4n3)cc2)cc1. The van der Waals surface area contributed by atoms with Gasteiger partial charge in [0.15, 0.2) is 4.96 Å². The second kappa shape index (κ2) is 6.93. The molecular weight excluding hydrogens is 362 g/mol. The van der Waals surface area contributed by atoms with E-state index in [4.69, 9.17) is 5.73 Å². The van der Waals surface area contributed by atoms with Crippen LogP contribution in [0.25, 0.3) is 16.2 Å². The number of aromatic nitrogens is 2. The summed E-state index contributed by atoms with van der Waals surface area (Å²) in [7, 11) is 0. The van der Waals surface area contributed by atoms with Crippen LogP contribution in [0.3, 0.4) is 0 Å². The molecule has 0 fully saturated rings. The summed E-state index contributed by atoms with van der Waals surface area (Å²) in [5.41, 5.74) is 8.61. The minimum absolute atomic E-state index is 0.240. The van der Waals surface area contributed by atoms with Gasteiger partial charge in [0, 0.05) is 40.3 Å². The third kappa shape index (κ3) is 3.65. The normalized spacial score (nSPS) is 10.7. The molecule has 134 valence electrons. The van der Waals surface area contributed by atoms with E-state index in [2.05, 4.69) is 15.6 Å². The summed E-state index contributed by atoms with van der Waals surface area (Å²) < 4.78 is 1.98. The van der Waals surface area contributed by atoms with Crippen LogP contribution in [0.15, 0.2) is 66.3 Å². The molecule has 7 nitrogen and oxygen atoms in total. The van der Waals surface area contributed by atoms with E-state index in [-0.39, 0.29) is 5.91 Å². The van der Waals surface area contributed by atoms with Crippen LogP contribution < -0.4 is 16.4 Å². The summed E-state index contributed by atoms with van der Waals surface area (Å²) in [4.78, 5) is 28.7. The van der Waals surface area contributed by atoms with Gasteiger partial charge in [0.05, 0.1) is 5.69 Å². The number of carbonyl (C=O) groups excluding carboxylic acids is 2. The maximum Gasteiger partial charge on any atom is 0.316 e. The van der Waals surface area contributed by atoms with Gasteiger partial charge in [-0.3, -0.25) is 9.20 Å². The number of nitrogens with zero attached hydrogens (tertiary/aromatic N) is 2. The van der Waals surface area contributed by atoms with Crippen molar-refractivity contribution in [3.8, 4) is 11.3 Å². The van der Waals surface area contributed by atoms with Gasteiger partial charge < -0.3 is 16.4 Å². The molecule has 0 bridgehead atoms. The first kappa shape index (κ1) is 16.8. The highest BCUT2D eigenvalue weighted by Crippen LogP contribution is 2.23. The van der Waals surface area contributed by atoms with Crippen molar-refractivity contribution in [2.24, 2.45) is 5.73 Å². The number of imidazole rings is 1. The number of carbonyl (C=O) groups is 2. The molecule has 8 heteroatoms. The average Bonchev–Trinajstić information content (AvgIpc) is 3.24. The first-order valence-electron chi connectivity index (χ1n) is 8.09. The second-order valence-corrected chi connectivity index (χ2v) is 6.69. The van der Waals surface area contributed by atoms with E-state index in [0.717, 1.165) is 16.2 Å². The number of hydrogen-bond donors (Lipinski definition) is 3. The van der Waals surface area contributed by atoms with Crippen molar-refractivity contribution in [1.29, 1.82) is 0 Å². The first-order valence-corrected chi connectivity index (χ1v) is 8.97. The molecule has 0 aliphatic rings. The minimum Gasteiger partial charge on any atom is -0.351 e. The van der Waals surface area contributed by atoms with Crippen molar-refractivity contribution >= 4 is 39.6 Å². The van der Waals surface area contributed by atoms with E-state index in [1.54, 1.807) is 35.6 Å². The summed E-state index contributed by atoms with van der Waals surface area (Å²) in [5.74, 6) is -0.240. The number of primary amides is 1. The van der Waals surface area contributed by atoms with Crippen LogP contribution in [-0.4, -0.2) is 21.3 Å². The molecule has 0 radical (unpaired) electrons. The lowest BCUT2D eigenvalue weighted by Crippen LogP contribution is -2.19. The van der Waals surface area contributed by atoms with Crippen molar-refractivity contribution < 1.29 is 9.59 Å². The smallest absolute Gasteiger partial charge is 0.316 e. The molecule has 4 rings (SSSR count). The number of urea groups is 1. The molecular formula is C19H15N5O2S. The van der Waals surface area contributed by atoms with Crippen LogP contribution in [0.4, 0.5) is 16.2 Å². The number of rotatable bonds is 4. The zero-order valence-electron chi connectivity index (χ0n) is 14.0. The molecule has 2 aromatic heterocycles. The van der Waals surface area contributed by atoms with Crippen molar-refractivity contribution in [2.75, 3.05) is 10.6 Å². The molecule has 0 unspecified atom stereocenters. The number of benzene rings is 2. The number of thiazole rings is 1. The van der Waals surface area contributed by atoms with Gasteiger partial charge in [-0.2, -0.15) is 0 Å². The number of nitrogens with two attached hydrogens (primary N) is 1. The van der Waals surface area contributed by atoms with Crippen molar-refractivity contribution in [3.05, 3.63) is 71.9 Å². The molecule has 0 aliphatic carbocycles. The van der Waals surface area contributed by atoms with Crippen LogP contribution in [0, 0.1) is 0 Å². The molecule has 3 amide bonds. The van der Waals surface area contributed by atoms with Crippen molar-refractivity contribution in [3.63, 3.8) is 0 Å². The third-order valence-corrected chi connectivity index (χ3v) is 4.72. The molecule has 4 aromatic rings. The molecule has 0 spiro atoms. The molecule has 4 N–H and O–H groups in total. The minimum atomic E-state index is -0.648. The zero-order chi connectivity index (χ0) is 18.8. The molecule has 2 aromatic carbocycles. The number of fused-ring (bicyclic) bond motifs is 1. The van der Waals surface area contributed by atoms with Gasteiger partial charge in [-0.15, -0.1) is 11.3 Å². The largest absolute Gasteiger partial charge is 0.351 e. The highest BCUT2D eigenvalue weighted by molar-refractivity contribution is 7.15. The second-order valence-electron chi connectivity index (χ2n) is 5.82.